The third kappa shape index (κ3) is 3.96. The maximum atomic E-state index is 6.13. The second-order valence-corrected chi connectivity index (χ2v) is 9.48. The standard InChI is InChI=1S/C24H29ClN6O/c1-14(2)30(4)11-18-12-31(15(3)13-32-18)17-6-8-20-22(10-17)27-24(26-20)23-19-7-5-16(25)9-21(19)28-29-23/h5-10,14-15,18H,11-13H2,1-4H3,(H,26,27)(H,28,29)/t15-,18-/m1/s1. The zero-order chi connectivity index (χ0) is 22.4. The number of rotatable bonds is 5. The highest BCUT2D eigenvalue weighted by Crippen LogP contribution is 2.30. The van der Waals surface area contributed by atoms with Gasteiger partial charge in [-0.3, -0.25) is 5.10 Å². The number of ether oxygens (including phenoxy) is 1. The number of benzene rings is 2. The molecule has 1 saturated heterocycles. The van der Waals surface area contributed by atoms with Crippen LogP contribution in [0.15, 0.2) is 36.4 Å². The van der Waals surface area contributed by atoms with Gasteiger partial charge >= 0.3 is 0 Å². The highest BCUT2D eigenvalue weighted by molar-refractivity contribution is 6.31. The summed E-state index contributed by atoms with van der Waals surface area (Å²) in [5.41, 5.74) is 4.79. The minimum absolute atomic E-state index is 0.189. The number of aromatic nitrogens is 4. The molecule has 168 valence electrons. The number of likely N-dealkylation sites (N-methyl/N-ethyl adjacent to an activating group) is 1. The first-order valence-electron chi connectivity index (χ1n) is 11.1. The van der Waals surface area contributed by atoms with Gasteiger partial charge < -0.3 is 19.5 Å². The van der Waals surface area contributed by atoms with Crippen LogP contribution in [-0.2, 0) is 4.74 Å². The first kappa shape index (κ1) is 21.2. The summed E-state index contributed by atoms with van der Waals surface area (Å²) >= 11 is 6.11. The molecule has 1 aliphatic heterocycles. The number of morpholine rings is 1. The van der Waals surface area contributed by atoms with E-state index in [2.05, 4.69) is 71.0 Å². The van der Waals surface area contributed by atoms with E-state index in [0.717, 1.165) is 53.2 Å². The van der Waals surface area contributed by atoms with Crippen LogP contribution in [0, 0.1) is 0 Å². The number of fused-ring (bicyclic) bond motifs is 2. The van der Waals surface area contributed by atoms with Crippen LogP contribution < -0.4 is 4.90 Å². The molecule has 3 heterocycles. The summed E-state index contributed by atoms with van der Waals surface area (Å²) in [5.74, 6) is 0.747. The fourth-order valence-electron chi connectivity index (χ4n) is 4.28. The molecule has 2 atom stereocenters. The molecule has 0 spiro atoms. The molecule has 7 nitrogen and oxygen atoms in total. The van der Waals surface area contributed by atoms with Gasteiger partial charge in [0.1, 0.15) is 5.69 Å². The van der Waals surface area contributed by atoms with Crippen LogP contribution in [0.3, 0.4) is 0 Å². The molecule has 0 bridgehead atoms. The third-order valence-corrected chi connectivity index (χ3v) is 6.66. The van der Waals surface area contributed by atoms with Crippen molar-refractivity contribution in [3.8, 4) is 11.5 Å². The molecule has 0 unspecified atom stereocenters. The smallest absolute Gasteiger partial charge is 0.159 e. The summed E-state index contributed by atoms with van der Waals surface area (Å²) in [6.45, 7) is 9.16. The molecule has 2 aromatic carbocycles. The van der Waals surface area contributed by atoms with Crippen LogP contribution in [0.4, 0.5) is 5.69 Å². The zero-order valence-electron chi connectivity index (χ0n) is 18.9. The van der Waals surface area contributed by atoms with Crippen LogP contribution in [0.5, 0.6) is 0 Å². The topological polar surface area (TPSA) is 73.1 Å². The second-order valence-electron chi connectivity index (χ2n) is 9.04. The zero-order valence-corrected chi connectivity index (χ0v) is 19.6. The average molecular weight is 453 g/mol. The van der Waals surface area contributed by atoms with E-state index in [1.165, 1.54) is 5.69 Å². The minimum atomic E-state index is 0.189. The molecule has 0 amide bonds. The molecule has 1 aliphatic rings. The maximum absolute atomic E-state index is 6.13. The number of hydrogen-bond donors (Lipinski definition) is 2. The first-order chi connectivity index (χ1) is 15.4. The van der Waals surface area contributed by atoms with Gasteiger partial charge in [0.05, 0.1) is 29.3 Å². The summed E-state index contributed by atoms with van der Waals surface area (Å²) in [6, 6.07) is 12.9. The van der Waals surface area contributed by atoms with Crippen molar-refractivity contribution in [1.82, 2.24) is 25.1 Å². The van der Waals surface area contributed by atoms with E-state index in [-0.39, 0.29) is 6.10 Å². The molecule has 1 fully saturated rings. The van der Waals surface area contributed by atoms with E-state index in [1.54, 1.807) is 0 Å². The SMILES string of the molecule is CC(C)N(C)C[C@@H]1CN(c2ccc3nc(-c4n[nH]c5cc(Cl)ccc45)[nH]c3c2)[C@H](C)CO1. The molecule has 0 aliphatic carbocycles. The lowest BCUT2D eigenvalue weighted by atomic mass is 10.1. The molecular weight excluding hydrogens is 424 g/mol. The highest BCUT2D eigenvalue weighted by Gasteiger charge is 2.28. The van der Waals surface area contributed by atoms with Crippen LogP contribution in [0.25, 0.3) is 33.5 Å². The van der Waals surface area contributed by atoms with Crippen molar-refractivity contribution in [2.75, 3.05) is 31.6 Å². The van der Waals surface area contributed by atoms with Gasteiger partial charge in [-0.15, -0.1) is 0 Å². The van der Waals surface area contributed by atoms with Crippen molar-refractivity contribution in [3.63, 3.8) is 0 Å². The van der Waals surface area contributed by atoms with E-state index in [0.29, 0.717) is 17.1 Å². The Morgan fingerprint density at radius 1 is 1.22 bits per heavy atom. The number of H-pyrrole nitrogens is 2. The van der Waals surface area contributed by atoms with Gasteiger partial charge in [0.2, 0.25) is 0 Å². The van der Waals surface area contributed by atoms with Gasteiger partial charge in [-0.2, -0.15) is 5.10 Å². The summed E-state index contributed by atoms with van der Waals surface area (Å²) in [5, 5.41) is 9.19. The number of nitrogens with one attached hydrogen (secondary N) is 2. The Balaban J connectivity index is 1.43. The van der Waals surface area contributed by atoms with E-state index in [4.69, 9.17) is 21.3 Å². The Morgan fingerprint density at radius 3 is 2.88 bits per heavy atom. The van der Waals surface area contributed by atoms with E-state index in [1.807, 2.05) is 18.2 Å². The molecule has 2 aromatic heterocycles. The molecular formula is C24H29ClN6O. The quantitative estimate of drug-likeness (QED) is 0.459. The predicted octanol–water partition coefficient (Wildman–Crippen LogP) is 4.69. The predicted molar refractivity (Wildman–Crippen MR) is 131 cm³/mol. The maximum Gasteiger partial charge on any atom is 0.159 e. The Bertz CT molecular complexity index is 1250. The first-order valence-corrected chi connectivity index (χ1v) is 11.5. The van der Waals surface area contributed by atoms with Crippen LogP contribution in [-0.4, -0.2) is 70.0 Å². The van der Waals surface area contributed by atoms with Gasteiger partial charge in [-0.1, -0.05) is 11.6 Å². The van der Waals surface area contributed by atoms with Gasteiger partial charge in [-0.05, 0) is 64.2 Å². The second kappa shape index (κ2) is 8.39. The number of anilines is 1. The molecule has 0 radical (unpaired) electrons. The van der Waals surface area contributed by atoms with Crippen LogP contribution in [0.1, 0.15) is 20.8 Å². The number of hydrogen-bond acceptors (Lipinski definition) is 5. The van der Waals surface area contributed by atoms with Crippen molar-refractivity contribution in [2.45, 2.75) is 39.0 Å². The number of aromatic amines is 2. The average Bonchev–Trinajstić information content (AvgIpc) is 3.37. The molecule has 32 heavy (non-hydrogen) atoms. The number of nitrogens with zero attached hydrogens (tertiary/aromatic N) is 4. The lowest BCUT2D eigenvalue weighted by Gasteiger charge is -2.41. The third-order valence-electron chi connectivity index (χ3n) is 6.42. The fraction of sp³-hybridized carbons (Fsp3) is 0.417. The van der Waals surface area contributed by atoms with Gasteiger partial charge in [0.25, 0.3) is 0 Å². The normalized spacial score (nSPS) is 19.7. The van der Waals surface area contributed by atoms with Gasteiger partial charge in [0, 0.05) is 41.3 Å². The Morgan fingerprint density at radius 2 is 2.06 bits per heavy atom. The van der Waals surface area contributed by atoms with Crippen molar-refractivity contribution >= 4 is 39.2 Å². The van der Waals surface area contributed by atoms with Crippen molar-refractivity contribution < 1.29 is 4.74 Å². The summed E-state index contributed by atoms with van der Waals surface area (Å²) in [7, 11) is 2.15. The van der Waals surface area contributed by atoms with Gasteiger partial charge in [0.15, 0.2) is 5.82 Å². The van der Waals surface area contributed by atoms with Crippen molar-refractivity contribution in [3.05, 3.63) is 41.4 Å². The summed E-state index contributed by atoms with van der Waals surface area (Å²) in [4.78, 5) is 13.0. The summed E-state index contributed by atoms with van der Waals surface area (Å²) < 4.78 is 6.13. The van der Waals surface area contributed by atoms with Crippen molar-refractivity contribution in [2.24, 2.45) is 0 Å². The Labute approximate surface area is 192 Å². The van der Waals surface area contributed by atoms with Crippen LogP contribution in [0.2, 0.25) is 5.02 Å². The monoisotopic (exact) mass is 452 g/mol. The van der Waals surface area contributed by atoms with E-state index < -0.39 is 0 Å². The highest BCUT2D eigenvalue weighted by atomic mass is 35.5. The summed E-state index contributed by atoms with van der Waals surface area (Å²) in [6.07, 6.45) is 0.189. The molecule has 5 rings (SSSR count). The number of halogens is 1. The Kier molecular flexibility index (Phi) is 5.57. The molecule has 8 heteroatoms. The molecule has 0 saturated carbocycles. The minimum Gasteiger partial charge on any atom is -0.373 e. The number of imidazole rings is 1. The lowest BCUT2D eigenvalue weighted by molar-refractivity contribution is 0.000769. The molecule has 4 aromatic rings. The van der Waals surface area contributed by atoms with Crippen LogP contribution >= 0.6 is 11.6 Å². The molecule has 2 N–H and O–H groups in total. The van der Waals surface area contributed by atoms with Gasteiger partial charge in [-0.25, -0.2) is 4.98 Å². The largest absolute Gasteiger partial charge is 0.373 e. The van der Waals surface area contributed by atoms with Crippen molar-refractivity contribution in [1.29, 1.82) is 0 Å². The lowest BCUT2D eigenvalue weighted by Crippen LogP contribution is -2.52. The fourth-order valence-corrected chi connectivity index (χ4v) is 4.45. The van der Waals surface area contributed by atoms with E-state index in [9.17, 15) is 0 Å². The van der Waals surface area contributed by atoms with E-state index >= 15 is 0 Å². The Hall–Kier alpha value is -2.61.